The highest BCUT2D eigenvalue weighted by molar-refractivity contribution is 5.86. The molecule has 0 amide bonds. The second kappa shape index (κ2) is 7.82. The van der Waals surface area contributed by atoms with Crippen LogP contribution in [0.4, 0.5) is 10.1 Å². The fourth-order valence-corrected chi connectivity index (χ4v) is 2.75. The monoisotopic (exact) mass is 377 g/mol. The van der Waals surface area contributed by atoms with E-state index in [-0.39, 0.29) is 29.2 Å². The predicted octanol–water partition coefficient (Wildman–Crippen LogP) is 3.18. The summed E-state index contributed by atoms with van der Waals surface area (Å²) in [5, 5.41) is 24.6. The average molecular weight is 377 g/mol. The van der Waals surface area contributed by atoms with Crippen LogP contribution in [-0.4, -0.2) is 29.8 Å². The van der Waals surface area contributed by atoms with Crippen molar-refractivity contribution in [2.45, 2.75) is 26.7 Å². The van der Waals surface area contributed by atoms with Crippen LogP contribution in [0.5, 0.6) is 5.75 Å². The molecule has 0 bridgehead atoms. The molecule has 0 aliphatic carbocycles. The number of nitro groups is 1. The lowest BCUT2D eigenvalue weighted by atomic mass is 9.93. The number of nitro benzene ring substituents is 1. The third kappa shape index (κ3) is 3.44. The zero-order valence-corrected chi connectivity index (χ0v) is 15.0. The molecule has 1 aromatic carbocycles. The minimum Gasteiger partial charge on any atom is -0.496 e. The minimum atomic E-state index is -1.69. The second-order valence-electron chi connectivity index (χ2n) is 5.48. The van der Waals surface area contributed by atoms with Gasteiger partial charge in [-0.1, -0.05) is 5.16 Å². The van der Waals surface area contributed by atoms with Gasteiger partial charge >= 0.3 is 11.7 Å². The summed E-state index contributed by atoms with van der Waals surface area (Å²) >= 11 is 0. The molecule has 1 heterocycles. The van der Waals surface area contributed by atoms with E-state index < -0.39 is 33.9 Å². The van der Waals surface area contributed by atoms with Crippen molar-refractivity contribution < 1.29 is 28.1 Å². The maximum Gasteiger partial charge on any atom is 0.328 e. The van der Waals surface area contributed by atoms with Gasteiger partial charge in [-0.2, -0.15) is 9.65 Å². The SMILES string of the molecule is CCOC(=O)C(C#N)c1cc(OC)c(-c2c(C)noc2C)c(F)c1[N+](=O)[O-]. The third-order valence-corrected chi connectivity index (χ3v) is 3.88. The van der Waals surface area contributed by atoms with Crippen molar-refractivity contribution in [1.82, 2.24) is 5.16 Å². The topological polar surface area (TPSA) is 128 Å². The van der Waals surface area contributed by atoms with Crippen molar-refractivity contribution in [3.8, 4) is 22.9 Å². The lowest BCUT2D eigenvalue weighted by Gasteiger charge is -2.15. The normalized spacial score (nSPS) is 11.6. The number of benzene rings is 1. The van der Waals surface area contributed by atoms with Gasteiger partial charge < -0.3 is 14.0 Å². The predicted molar refractivity (Wildman–Crippen MR) is 89.6 cm³/mol. The molecule has 0 aliphatic rings. The lowest BCUT2D eigenvalue weighted by Crippen LogP contribution is -2.17. The van der Waals surface area contributed by atoms with E-state index in [0.29, 0.717) is 5.69 Å². The molecule has 1 unspecified atom stereocenters. The van der Waals surface area contributed by atoms with E-state index in [2.05, 4.69) is 5.16 Å². The Kier molecular flexibility index (Phi) is 5.75. The first-order chi connectivity index (χ1) is 12.8. The quantitative estimate of drug-likeness (QED) is 0.426. The molecule has 27 heavy (non-hydrogen) atoms. The van der Waals surface area contributed by atoms with Crippen LogP contribution in [0.3, 0.4) is 0 Å². The number of aromatic nitrogens is 1. The van der Waals surface area contributed by atoms with Crippen molar-refractivity contribution in [3.63, 3.8) is 0 Å². The molecule has 0 saturated carbocycles. The van der Waals surface area contributed by atoms with Crippen LogP contribution in [-0.2, 0) is 9.53 Å². The van der Waals surface area contributed by atoms with E-state index in [9.17, 15) is 20.2 Å². The minimum absolute atomic E-state index is 0.0401. The molecule has 2 aromatic rings. The number of aryl methyl sites for hydroxylation is 2. The maximum atomic E-state index is 15.2. The molecule has 0 spiro atoms. The Balaban J connectivity index is 2.87. The van der Waals surface area contributed by atoms with Gasteiger partial charge in [-0.25, -0.2) is 0 Å². The van der Waals surface area contributed by atoms with Gasteiger partial charge in [-0.3, -0.25) is 14.9 Å². The Morgan fingerprint density at radius 1 is 1.48 bits per heavy atom. The number of rotatable bonds is 6. The number of esters is 1. The molecule has 10 heteroatoms. The first-order valence-corrected chi connectivity index (χ1v) is 7.82. The van der Waals surface area contributed by atoms with Crippen molar-refractivity contribution in [3.05, 3.63) is 39.0 Å². The molecule has 142 valence electrons. The van der Waals surface area contributed by atoms with Gasteiger partial charge in [0.2, 0.25) is 5.82 Å². The molecular formula is C17H16FN3O6. The molecule has 1 aromatic heterocycles. The van der Waals surface area contributed by atoms with Gasteiger partial charge in [0, 0.05) is 0 Å². The molecule has 0 N–H and O–H groups in total. The number of ether oxygens (including phenoxy) is 2. The van der Waals surface area contributed by atoms with Crippen LogP contribution >= 0.6 is 0 Å². The lowest BCUT2D eigenvalue weighted by molar-refractivity contribution is -0.388. The molecule has 0 aliphatic heterocycles. The molecule has 0 saturated heterocycles. The largest absolute Gasteiger partial charge is 0.496 e. The van der Waals surface area contributed by atoms with E-state index in [1.807, 2.05) is 0 Å². The van der Waals surface area contributed by atoms with Gasteiger partial charge in [0.05, 0.1) is 47.1 Å². The third-order valence-electron chi connectivity index (χ3n) is 3.88. The van der Waals surface area contributed by atoms with E-state index in [1.54, 1.807) is 13.0 Å². The summed E-state index contributed by atoms with van der Waals surface area (Å²) in [5.41, 5.74) is -1.20. The highest BCUT2D eigenvalue weighted by Gasteiger charge is 2.37. The van der Waals surface area contributed by atoms with Crippen LogP contribution in [0.2, 0.25) is 0 Å². The number of halogens is 1. The summed E-state index contributed by atoms with van der Waals surface area (Å²) in [5.74, 6) is -3.84. The summed E-state index contributed by atoms with van der Waals surface area (Å²) in [7, 11) is 1.23. The molecule has 9 nitrogen and oxygen atoms in total. The van der Waals surface area contributed by atoms with Crippen molar-refractivity contribution in [1.29, 1.82) is 5.26 Å². The van der Waals surface area contributed by atoms with Gasteiger partial charge in [-0.15, -0.1) is 0 Å². The van der Waals surface area contributed by atoms with Gasteiger partial charge in [-0.05, 0) is 26.8 Å². The van der Waals surface area contributed by atoms with Crippen LogP contribution in [0.15, 0.2) is 10.6 Å². The maximum absolute atomic E-state index is 15.2. The highest BCUT2D eigenvalue weighted by atomic mass is 19.1. The van der Waals surface area contributed by atoms with Crippen molar-refractivity contribution in [2.75, 3.05) is 13.7 Å². The molecular weight excluding hydrogens is 361 g/mol. The Hall–Kier alpha value is -3.48. The van der Waals surface area contributed by atoms with Gasteiger partial charge in [0.15, 0.2) is 5.92 Å². The second-order valence-corrected chi connectivity index (χ2v) is 5.48. The van der Waals surface area contributed by atoms with Crippen molar-refractivity contribution in [2.24, 2.45) is 0 Å². The summed E-state index contributed by atoms with van der Waals surface area (Å²) in [4.78, 5) is 22.6. The van der Waals surface area contributed by atoms with E-state index in [4.69, 9.17) is 14.0 Å². The Morgan fingerprint density at radius 3 is 2.59 bits per heavy atom. The summed E-state index contributed by atoms with van der Waals surface area (Å²) in [6.07, 6.45) is 0. The number of carbonyl (C=O) groups excluding carboxylic acids is 1. The Bertz CT molecular complexity index is 928. The smallest absolute Gasteiger partial charge is 0.328 e. The van der Waals surface area contributed by atoms with Crippen LogP contribution < -0.4 is 4.74 Å². The number of hydrogen-bond donors (Lipinski definition) is 0. The summed E-state index contributed by atoms with van der Waals surface area (Å²) in [6, 6.07) is 2.71. The Morgan fingerprint density at radius 2 is 2.15 bits per heavy atom. The zero-order chi connectivity index (χ0) is 20.3. The molecule has 1 atom stereocenters. The average Bonchev–Trinajstić information content (AvgIpc) is 2.93. The molecule has 2 rings (SSSR count). The van der Waals surface area contributed by atoms with Crippen LogP contribution in [0.25, 0.3) is 11.1 Å². The zero-order valence-electron chi connectivity index (χ0n) is 15.0. The summed E-state index contributed by atoms with van der Waals surface area (Å²) < 4.78 is 30.2. The van der Waals surface area contributed by atoms with E-state index >= 15 is 4.39 Å². The Labute approximate surface area is 153 Å². The van der Waals surface area contributed by atoms with Crippen LogP contribution in [0.1, 0.15) is 29.9 Å². The molecule has 0 fully saturated rings. The number of nitriles is 1. The van der Waals surface area contributed by atoms with E-state index in [1.165, 1.54) is 21.0 Å². The first kappa shape index (κ1) is 19.8. The van der Waals surface area contributed by atoms with E-state index in [0.717, 1.165) is 6.07 Å². The standard InChI is InChI=1S/C17H16FN3O6/c1-5-26-17(22)11(7-19)10-6-12(25-4)14(15(18)16(10)21(23)24)13-8(2)20-27-9(13)3/h6,11H,5H2,1-4H3. The first-order valence-electron chi connectivity index (χ1n) is 7.82. The van der Waals surface area contributed by atoms with Gasteiger partial charge in [0.25, 0.3) is 0 Å². The highest BCUT2D eigenvalue weighted by Crippen LogP contribution is 2.44. The number of nitrogens with zero attached hydrogens (tertiary/aromatic N) is 3. The van der Waals surface area contributed by atoms with Gasteiger partial charge in [0.1, 0.15) is 11.5 Å². The van der Waals surface area contributed by atoms with Crippen molar-refractivity contribution >= 4 is 11.7 Å². The fraction of sp³-hybridized carbons (Fsp3) is 0.353. The number of methoxy groups -OCH3 is 1. The number of carbonyl (C=O) groups is 1. The molecule has 0 radical (unpaired) electrons. The fourth-order valence-electron chi connectivity index (χ4n) is 2.75. The number of hydrogen-bond acceptors (Lipinski definition) is 8. The van der Waals surface area contributed by atoms with Crippen LogP contribution in [0, 0.1) is 41.1 Å². The summed E-state index contributed by atoms with van der Waals surface area (Å²) in [6.45, 7) is 4.54.